The fraction of sp³-hybridized carbons (Fsp3) is 0.765. The highest BCUT2D eigenvalue weighted by Crippen LogP contribution is 2.22. The summed E-state index contributed by atoms with van der Waals surface area (Å²) >= 11 is 0. The van der Waals surface area contributed by atoms with Gasteiger partial charge in [-0.25, -0.2) is 9.98 Å². The molecule has 146 valence electrons. The van der Waals surface area contributed by atoms with Crippen molar-refractivity contribution in [3.63, 3.8) is 0 Å². The predicted molar refractivity (Wildman–Crippen MR) is 110 cm³/mol. The normalized spacial score (nSPS) is 12.2. The van der Waals surface area contributed by atoms with Crippen LogP contribution in [0.15, 0.2) is 17.4 Å². The first-order valence-corrected chi connectivity index (χ1v) is 8.71. The Hall–Kier alpha value is -0.930. The van der Waals surface area contributed by atoms with Crippen molar-refractivity contribution in [1.29, 1.82) is 0 Å². The number of halogens is 3. The number of rotatable bonds is 10. The molecule has 1 aromatic rings. The highest BCUT2D eigenvalue weighted by Gasteiger charge is 2.18. The Morgan fingerprint density at radius 2 is 2.00 bits per heavy atom. The maximum absolute atomic E-state index is 12.8. The van der Waals surface area contributed by atoms with Crippen LogP contribution in [0.4, 0.5) is 8.78 Å². The first-order chi connectivity index (χ1) is 11.4. The van der Waals surface area contributed by atoms with Crippen LogP contribution in [0.1, 0.15) is 65.8 Å². The van der Waals surface area contributed by atoms with Crippen LogP contribution in [0.3, 0.4) is 0 Å². The van der Waals surface area contributed by atoms with Crippen molar-refractivity contribution in [1.82, 2.24) is 20.2 Å². The summed E-state index contributed by atoms with van der Waals surface area (Å²) in [5, 5.41) is 6.46. The quantitative estimate of drug-likeness (QED) is 0.228. The molecule has 0 aliphatic carbocycles. The number of aromatic nitrogens is 2. The molecule has 0 radical (unpaired) electrons. The van der Waals surface area contributed by atoms with Crippen LogP contribution < -0.4 is 10.6 Å². The predicted octanol–water partition coefficient (Wildman–Crippen LogP) is 4.56. The van der Waals surface area contributed by atoms with Gasteiger partial charge >= 0.3 is 6.55 Å². The highest BCUT2D eigenvalue weighted by molar-refractivity contribution is 14.0. The monoisotopic (exact) mass is 471 g/mol. The molecule has 0 aliphatic heterocycles. The molecule has 0 amide bonds. The Labute approximate surface area is 167 Å². The van der Waals surface area contributed by atoms with E-state index in [2.05, 4.69) is 41.4 Å². The van der Waals surface area contributed by atoms with Gasteiger partial charge in [-0.3, -0.25) is 4.57 Å². The van der Waals surface area contributed by atoms with E-state index in [9.17, 15) is 8.78 Å². The zero-order valence-corrected chi connectivity index (χ0v) is 18.0. The molecule has 0 spiro atoms. The molecule has 0 saturated heterocycles. The zero-order valence-electron chi connectivity index (χ0n) is 15.7. The molecule has 8 heteroatoms. The smallest absolute Gasteiger partial charge is 0.319 e. The van der Waals surface area contributed by atoms with Crippen LogP contribution in [0.25, 0.3) is 0 Å². The molecular weight excluding hydrogens is 439 g/mol. The summed E-state index contributed by atoms with van der Waals surface area (Å²) in [6.07, 6.45) is 7.45. The van der Waals surface area contributed by atoms with E-state index in [-0.39, 0.29) is 41.8 Å². The van der Waals surface area contributed by atoms with E-state index in [0.717, 1.165) is 17.5 Å². The van der Waals surface area contributed by atoms with Gasteiger partial charge in [0.2, 0.25) is 0 Å². The van der Waals surface area contributed by atoms with Gasteiger partial charge < -0.3 is 10.6 Å². The minimum Gasteiger partial charge on any atom is -0.357 e. The van der Waals surface area contributed by atoms with Gasteiger partial charge in [0, 0.05) is 25.5 Å². The second kappa shape index (κ2) is 12.4. The van der Waals surface area contributed by atoms with E-state index in [1.165, 1.54) is 31.7 Å². The zero-order chi connectivity index (χ0) is 18.0. The summed E-state index contributed by atoms with van der Waals surface area (Å²) in [5.41, 5.74) is 0.160. The largest absolute Gasteiger partial charge is 0.357 e. The van der Waals surface area contributed by atoms with Gasteiger partial charge in [0.25, 0.3) is 0 Å². The Balaban J connectivity index is 0.00000576. The summed E-state index contributed by atoms with van der Waals surface area (Å²) in [5.74, 6) is 0.884. The Morgan fingerprint density at radius 3 is 2.60 bits per heavy atom. The molecule has 0 bridgehead atoms. The lowest BCUT2D eigenvalue weighted by molar-refractivity contribution is 0.0671. The Bertz CT molecular complexity index is 503. The van der Waals surface area contributed by atoms with E-state index < -0.39 is 6.55 Å². The van der Waals surface area contributed by atoms with Crippen LogP contribution >= 0.6 is 24.0 Å². The van der Waals surface area contributed by atoms with E-state index in [1.807, 2.05) is 6.92 Å². The molecule has 0 fully saturated rings. The van der Waals surface area contributed by atoms with Crippen molar-refractivity contribution in [2.24, 2.45) is 10.4 Å². The topological polar surface area (TPSA) is 54.2 Å². The van der Waals surface area contributed by atoms with Crippen molar-refractivity contribution >= 4 is 29.9 Å². The molecule has 25 heavy (non-hydrogen) atoms. The van der Waals surface area contributed by atoms with Gasteiger partial charge in [0.1, 0.15) is 12.4 Å². The van der Waals surface area contributed by atoms with Crippen LogP contribution in [0.2, 0.25) is 0 Å². The van der Waals surface area contributed by atoms with Crippen LogP contribution in [-0.4, -0.2) is 28.6 Å². The van der Waals surface area contributed by atoms with Gasteiger partial charge in [-0.2, -0.15) is 8.78 Å². The van der Waals surface area contributed by atoms with Crippen molar-refractivity contribution in [3.8, 4) is 0 Å². The molecule has 1 heterocycles. The average Bonchev–Trinajstić information content (AvgIpc) is 2.99. The average molecular weight is 471 g/mol. The molecule has 1 aromatic heterocycles. The summed E-state index contributed by atoms with van der Waals surface area (Å²) < 4.78 is 26.5. The molecule has 0 saturated carbocycles. The number of imidazole rings is 1. The first-order valence-electron chi connectivity index (χ1n) is 8.71. The Morgan fingerprint density at radius 1 is 1.28 bits per heavy atom. The number of nitrogens with one attached hydrogen (secondary N) is 2. The summed E-state index contributed by atoms with van der Waals surface area (Å²) in [4.78, 5) is 8.32. The minimum absolute atomic E-state index is 0. The van der Waals surface area contributed by atoms with E-state index in [0.29, 0.717) is 12.5 Å². The summed E-state index contributed by atoms with van der Waals surface area (Å²) in [7, 11) is 0. The Kier molecular flexibility index (Phi) is 12.0. The molecule has 0 aliphatic rings. The van der Waals surface area contributed by atoms with Crippen molar-refractivity contribution < 1.29 is 8.78 Å². The second-order valence-electron chi connectivity index (χ2n) is 6.70. The highest BCUT2D eigenvalue weighted by atomic mass is 127. The second-order valence-corrected chi connectivity index (χ2v) is 6.70. The van der Waals surface area contributed by atoms with Crippen molar-refractivity contribution in [3.05, 3.63) is 18.2 Å². The number of guanidine groups is 1. The lowest BCUT2D eigenvalue weighted by Crippen LogP contribution is -2.42. The SMILES string of the molecule is CCCCCC(C)(C)CNC(=NCc1nccn1C(F)F)NCC.I. The third-order valence-electron chi connectivity index (χ3n) is 3.87. The van der Waals surface area contributed by atoms with Gasteiger partial charge in [0.05, 0.1) is 0 Å². The fourth-order valence-electron chi connectivity index (χ4n) is 2.40. The van der Waals surface area contributed by atoms with Crippen molar-refractivity contribution in [2.75, 3.05) is 13.1 Å². The standard InChI is InChI=1S/C17H31F2N5.HI/c1-5-7-8-9-17(3,4)13-23-16(20-6-2)22-12-14-21-10-11-24(14)15(18)19;/h10-11,15H,5-9,12-13H2,1-4H3,(H2,20,22,23);1H. The molecule has 0 aromatic carbocycles. The van der Waals surface area contributed by atoms with E-state index >= 15 is 0 Å². The van der Waals surface area contributed by atoms with Gasteiger partial charge in [-0.15, -0.1) is 24.0 Å². The molecular formula is C17H32F2IN5. The lowest BCUT2D eigenvalue weighted by atomic mass is 9.87. The minimum atomic E-state index is -2.59. The fourth-order valence-corrected chi connectivity index (χ4v) is 2.40. The van der Waals surface area contributed by atoms with E-state index in [4.69, 9.17) is 0 Å². The van der Waals surface area contributed by atoms with Gasteiger partial charge in [0.15, 0.2) is 5.96 Å². The van der Waals surface area contributed by atoms with Gasteiger partial charge in [-0.05, 0) is 18.8 Å². The molecule has 2 N–H and O–H groups in total. The number of hydrogen-bond acceptors (Lipinski definition) is 2. The number of hydrogen-bond donors (Lipinski definition) is 2. The molecule has 1 rings (SSSR count). The molecule has 0 atom stereocenters. The van der Waals surface area contributed by atoms with Crippen molar-refractivity contribution in [2.45, 2.75) is 66.5 Å². The number of nitrogens with zero attached hydrogens (tertiary/aromatic N) is 3. The maximum atomic E-state index is 12.8. The number of alkyl halides is 2. The third-order valence-corrected chi connectivity index (χ3v) is 3.87. The summed E-state index contributed by atoms with van der Waals surface area (Å²) in [6, 6.07) is 0. The summed E-state index contributed by atoms with van der Waals surface area (Å²) in [6.45, 7) is 7.64. The number of aliphatic imine (C=N–C) groups is 1. The van der Waals surface area contributed by atoms with Crippen LogP contribution in [0.5, 0.6) is 0 Å². The van der Waals surface area contributed by atoms with Crippen LogP contribution in [0, 0.1) is 5.41 Å². The maximum Gasteiger partial charge on any atom is 0.319 e. The molecule has 0 unspecified atom stereocenters. The lowest BCUT2D eigenvalue weighted by Gasteiger charge is -2.26. The van der Waals surface area contributed by atoms with Gasteiger partial charge in [-0.1, -0.05) is 40.0 Å². The van der Waals surface area contributed by atoms with E-state index in [1.54, 1.807) is 0 Å². The van der Waals surface area contributed by atoms with Crippen LogP contribution in [-0.2, 0) is 6.54 Å². The first kappa shape index (κ1) is 24.1. The number of unbranched alkanes of at least 4 members (excludes halogenated alkanes) is 2. The third kappa shape index (κ3) is 9.37. The molecule has 5 nitrogen and oxygen atoms in total.